The number of hydrogen-bond acceptors (Lipinski definition) is 3. The number of H-pyrrole nitrogens is 1. The van der Waals surface area contributed by atoms with Gasteiger partial charge in [0.1, 0.15) is 12.4 Å². The normalized spacial score (nSPS) is 10.8. The molecular weight excluding hydrogens is 254 g/mol. The second-order valence-corrected chi connectivity index (χ2v) is 4.50. The molecule has 0 saturated heterocycles. The van der Waals surface area contributed by atoms with Crippen molar-refractivity contribution in [3.05, 3.63) is 48.5 Å². The molecule has 2 aromatic heterocycles. The maximum atomic E-state index is 11.7. The predicted octanol–water partition coefficient (Wildman–Crippen LogP) is 1.12. The number of nitrogens with zero attached hydrogens (tertiary/aromatic N) is 3. The van der Waals surface area contributed by atoms with E-state index >= 15 is 0 Å². The Kier molecular flexibility index (Phi) is 3.45. The van der Waals surface area contributed by atoms with Crippen LogP contribution in [0.25, 0.3) is 11.0 Å². The first kappa shape index (κ1) is 12.4. The van der Waals surface area contributed by atoms with Crippen LogP contribution in [-0.4, -0.2) is 32.2 Å². The Labute approximate surface area is 115 Å². The molecule has 2 heterocycles. The van der Waals surface area contributed by atoms with Crippen molar-refractivity contribution in [3.63, 3.8) is 0 Å². The third-order valence-corrected chi connectivity index (χ3v) is 2.99. The van der Waals surface area contributed by atoms with Gasteiger partial charge in [0.25, 0.3) is 0 Å². The number of aromatic amines is 1. The molecule has 3 rings (SSSR count). The van der Waals surface area contributed by atoms with Gasteiger partial charge < -0.3 is 10.3 Å². The molecule has 2 N–H and O–H groups in total. The summed E-state index contributed by atoms with van der Waals surface area (Å²) >= 11 is 0. The van der Waals surface area contributed by atoms with Crippen molar-refractivity contribution in [2.75, 3.05) is 6.54 Å². The predicted molar refractivity (Wildman–Crippen MR) is 75.0 cm³/mol. The van der Waals surface area contributed by atoms with Crippen LogP contribution in [0.5, 0.6) is 0 Å². The van der Waals surface area contributed by atoms with E-state index in [0.29, 0.717) is 13.0 Å². The minimum absolute atomic E-state index is 0.0511. The van der Waals surface area contributed by atoms with Crippen LogP contribution in [-0.2, 0) is 17.8 Å². The number of fused-ring (bicyclic) bond motifs is 1. The molecule has 0 fully saturated rings. The highest BCUT2D eigenvalue weighted by Gasteiger charge is 2.04. The van der Waals surface area contributed by atoms with Crippen molar-refractivity contribution in [1.29, 1.82) is 0 Å². The fraction of sp³-hybridized carbons (Fsp3) is 0.214. The van der Waals surface area contributed by atoms with E-state index in [4.69, 9.17) is 0 Å². The third-order valence-electron chi connectivity index (χ3n) is 2.99. The van der Waals surface area contributed by atoms with Gasteiger partial charge in [-0.25, -0.2) is 4.98 Å². The van der Waals surface area contributed by atoms with Crippen LogP contribution in [0, 0.1) is 0 Å². The second-order valence-electron chi connectivity index (χ2n) is 4.50. The number of hydrogen-bond donors (Lipinski definition) is 2. The van der Waals surface area contributed by atoms with Crippen LogP contribution < -0.4 is 5.32 Å². The van der Waals surface area contributed by atoms with Crippen LogP contribution in [0.15, 0.2) is 42.7 Å². The average molecular weight is 269 g/mol. The van der Waals surface area contributed by atoms with Crippen LogP contribution in [0.3, 0.4) is 0 Å². The Bertz CT molecular complexity index is 668. The highest BCUT2D eigenvalue weighted by atomic mass is 16.2. The molecular formula is C14H15N5O. The number of carbonyl (C=O) groups excluding carboxylic acids is 1. The molecule has 6 heteroatoms. The lowest BCUT2D eigenvalue weighted by Gasteiger charge is -2.03. The van der Waals surface area contributed by atoms with Crippen molar-refractivity contribution in [1.82, 2.24) is 25.1 Å². The van der Waals surface area contributed by atoms with Gasteiger partial charge in [-0.3, -0.25) is 9.48 Å². The van der Waals surface area contributed by atoms with E-state index in [1.165, 1.54) is 0 Å². The summed E-state index contributed by atoms with van der Waals surface area (Å²) < 4.78 is 1.59. The Morgan fingerprint density at radius 1 is 1.30 bits per heavy atom. The lowest BCUT2D eigenvalue weighted by atomic mass is 10.3. The van der Waals surface area contributed by atoms with Gasteiger partial charge >= 0.3 is 0 Å². The maximum Gasteiger partial charge on any atom is 0.241 e. The van der Waals surface area contributed by atoms with Crippen molar-refractivity contribution in [2.45, 2.75) is 13.0 Å². The third kappa shape index (κ3) is 2.85. The van der Waals surface area contributed by atoms with Gasteiger partial charge in [-0.15, -0.1) is 0 Å². The van der Waals surface area contributed by atoms with E-state index in [1.54, 1.807) is 23.1 Å². The number of carbonyl (C=O) groups is 1. The highest BCUT2D eigenvalue weighted by molar-refractivity contribution is 5.76. The Morgan fingerprint density at radius 3 is 3.00 bits per heavy atom. The Hall–Kier alpha value is -2.63. The zero-order chi connectivity index (χ0) is 13.8. The monoisotopic (exact) mass is 269 g/mol. The number of rotatable bonds is 5. The zero-order valence-corrected chi connectivity index (χ0v) is 10.9. The fourth-order valence-electron chi connectivity index (χ4n) is 2.04. The molecule has 0 aliphatic carbocycles. The molecule has 0 spiro atoms. The molecule has 0 saturated carbocycles. The van der Waals surface area contributed by atoms with E-state index in [1.807, 2.05) is 24.3 Å². The van der Waals surface area contributed by atoms with Gasteiger partial charge in [0.15, 0.2) is 0 Å². The van der Waals surface area contributed by atoms with Crippen LogP contribution in [0.2, 0.25) is 0 Å². The topological polar surface area (TPSA) is 75.6 Å². The second kappa shape index (κ2) is 5.56. The molecule has 0 radical (unpaired) electrons. The lowest BCUT2D eigenvalue weighted by Crippen LogP contribution is -2.29. The summed E-state index contributed by atoms with van der Waals surface area (Å²) in [5, 5.41) is 6.84. The van der Waals surface area contributed by atoms with Crippen molar-refractivity contribution in [3.8, 4) is 0 Å². The molecule has 0 aliphatic rings. The average Bonchev–Trinajstić information content (AvgIpc) is 3.07. The number of para-hydroxylation sites is 2. The molecule has 102 valence electrons. The molecule has 0 aliphatic heterocycles. The summed E-state index contributed by atoms with van der Waals surface area (Å²) in [7, 11) is 0. The first-order valence-electron chi connectivity index (χ1n) is 6.49. The van der Waals surface area contributed by atoms with Crippen molar-refractivity contribution >= 4 is 16.9 Å². The van der Waals surface area contributed by atoms with Gasteiger partial charge in [0.2, 0.25) is 5.91 Å². The zero-order valence-electron chi connectivity index (χ0n) is 10.9. The van der Waals surface area contributed by atoms with E-state index in [0.717, 1.165) is 16.9 Å². The van der Waals surface area contributed by atoms with E-state index < -0.39 is 0 Å². The Morgan fingerprint density at radius 2 is 2.20 bits per heavy atom. The molecule has 0 unspecified atom stereocenters. The van der Waals surface area contributed by atoms with Gasteiger partial charge in [-0.05, 0) is 18.2 Å². The van der Waals surface area contributed by atoms with E-state index in [9.17, 15) is 4.79 Å². The summed E-state index contributed by atoms with van der Waals surface area (Å²) in [4.78, 5) is 19.4. The van der Waals surface area contributed by atoms with Crippen molar-refractivity contribution in [2.24, 2.45) is 0 Å². The Balaban J connectivity index is 1.51. The minimum atomic E-state index is -0.0511. The fourth-order valence-corrected chi connectivity index (χ4v) is 2.04. The maximum absolute atomic E-state index is 11.7. The summed E-state index contributed by atoms with van der Waals surface area (Å²) in [6.07, 6.45) is 4.10. The number of imidazole rings is 1. The van der Waals surface area contributed by atoms with E-state index in [2.05, 4.69) is 20.4 Å². The molecule has 3 aromatic rings. The smallest absolute Gasteiger partial charge is 0.241 e. The summed E-state index contributed by atoms with van der Waals surface area (Å²) in [5.74, 6) is 0.829. The standard InChI is InChI=1S/C14H15N5O/c20-14(10-19-9-3-7-16-19)15-8-6-13-17-11-4-1-2-5-12(11)18-13/h1-5,7,9H,6,8,10H2,(H,15,20)(H,17,18). The first-order valence-corrected chi connectivity index (χ1v) is 6.49. The summed E-state index contributed by atoms with van der Waals surface area (Å²) in [6, 6.07) is 9.67. The number of benzene rings is 1. The van der Waals surface area contributed by atoms with Gasteiger partial charge in [-0.2, -0.15) is 5.10 Å². The van der Waals surface area contributed by atoms with Gasteiger partial charge in [0.05, 0.1) is 11.0 Å². The highest BCUT2D eigenvalue weighted by Crippen LogP contribution is 2.10. The van der Waals surface area contributed by atoms with Gasteiger partial charge in [0, 0.05) is 25.4 Å². The quantitative estimate of drug-likeness (QED) is 0.728. The number of aromatic nitrogens is 4. The molecule has 20 heavy (non-hydrogen) atoms. The SMILES string of the molecule is O=C(Cn1cccn1)NCCc1nc2ccccc2[nH]1. The number of nitrogens with one attached hydrogen (secondary N) is 2. The molecule has 0 bridgehead atoms. The summed E-state index contributed by atoms with van der Waals surface area (Å²) in [5.41, 5.74) is 1.97. The molecule has 6 nitrogen and oxygen atoms in total. The van der Waals surface area contributed by atoms with Crippen LogP contribution in [0.1, 0.15) is 5.82 Å². The molecule has 1 aromatic carbocycles. The largest absolute Gasteiger partial charge is 0.354 e. The van der Waals surface area contributed by atoms with Crippen molar-refractivity contribution < 1.29 is 4.79 Å². The molecule has 1 amide bonds. The van der Waals surface area contributed by atoms with Gasteiger partial charge in [-0.1, -0.05) is 12.1 Å². The summed E-state index contributed by atoms with van der Waals surface area (Å²) in [6.45, 7) is 0.799. The minimum Gasteiger partial charge on any atom is -0.354 e. The number of amides is 1. The lowest BCUT2D eigenvalue weighted by molar-refractivity contribution is -0.121. The van der Waals surface area contributed by atoms with E-state index in [-0.39, 0.29) is 12.5 Å². The first-order chi connectivity index (χ1) is 9.81. The van der Waals surface area contributed by atoms with Crippen LogP contribution in [0.4, 0.5) is 0 Å². The molecule has 0 atom stereocenters. The van der Waals surface area contributed by atoms with Crippen LogP contribution >= 0.6 is 0 Å².